The SMILES string of the molecule is Cc1ccc(C(=O)O)cc1Oc1ccccc1.[NaH]. The maximum atomic E-state index is 10.9. The van der Waals surface area contributed by atoms with Crippen LogP contribution >= 0.6 is 0 Å². The van der Waals surface area contributed by atoms with Gasteiger partial charge in [-0.2, -0.15) is 0 Å². The molecule has 0 bridgehead atoms. The van der Waals surface area contributed by atoms with E-state index >= 15 is 0 Å². The Bertz CT molecular complexity index is 538. The van der Waals surface area contributed by atoms with Gasteiger partial charge in [-0.3, -0.25) is 0 Å². The molecular weight excluding hydrogens is 239 g/mol. The van der Waals surface area contributed by atoms with E-state index < -0.39 is 5.97 Å². The number of carbonyl (C=O) groups is 1. The Hall–Kier alpha value is -1.29. The van der Waals surface area contributed by atoms with E-state index in [-0.39, 0.29) is 35.1 Å². The number of rotatable bonds is 3. The summed E-state index contributed by atoms with van der Waals surface area (Å²) in [5, 5.41) is 8.91. The van der Waals surface area contributed by atoms with Gasteiger partial charge in [0, 0.05) is 0 Å². The third-order valence-electron chi connectivity index (χ3n) is 2.41. The topological polar surface area (TPSA) is 46.5 Å². The first-order valence-corrected chi connectivity index (χ1v) is 5.23. The molecule has 1 N–H and O–H groups in total. The van der Waals surface area contributed by atoms with Gasteiger partial charge in [0.1, 0.15) is 11.5 Å². The Kier molecular flexibility index (Phi) is 5.41. The number of hydrogen-bond acceptors (Lipinski definition) is 2. The van der Waals surface area contributed by atoms with E-state index in [1.165, 1.54) is 6.07 Å². The van der Waals surface area contributed by atoms with Crippen LogP contribution in [0.15, 0.2) is 48.5 Å². The van der Waals surface area contributed by atoms with Crippen LogP contribution in [0.5, 0.6) is 11.5 Å². The first kappa shape index (κ1) is 14.8. The Morgan fingerprint density at radius 2 is 1.78 bits per heavy atom. The molecule has 0 saturated carbocycles. The monoisotopic (exact) mass is 252 g/mol. The average Bonchev–Trinajstić information content (AvgIpc) is 2.33. The molecule has 2 aromatic carbocycles. The van der Waals surface area contributed by atoms with Crippen molar-refractivity contribution in [3.63, 3.8) is 0 Å². The Morgan fingerprint density at radius 3 is 2.39 bits per heavy atom. The molecule has 0 spiro atoms. The number of para-hydroxylation sites is 1. The fraction of sp³-hybridized carbons (Fsp3) is 0.0714. The maximum absolute atomic E-state index is 10.9. The molecule has 18 heavy (non-hydrogen) atoms. The molecule has 0 fully saturated rings. The van der Waals surface area contributed by atoms with Crippen molar-refractivity contribution in [1.82, 2.24) is 0 Å². The summed E-state index contributed by atoms with van der Waals surface area (Å²) in [5.41, 5.74) is 1.13. The standard InChI is InChI=1S/C14H12O3.Na.H/c1-10-7-8-11(14(15)16)9-13(10)17-12-5-3-2-4-6-12;;/h2-9H,1H3,(H,15,16);;. The van der Waals surface area contributed by atoms with Crippen LogP contribution in [0, 0.1) is 6.92 Å². The molecule has 0 aromatic heterocycles. The number of hydrogen-bond donors (Lipinski definition) is 1. The van der Waals surface area contributed by atoms with E-state index in [9.17, 15) is 4.79 Å². The van der Waals surface area contributed by atoms with Gasteiger partial charge in [0.2, 0.25) is 0 Å². The van der Waals surface area contributed by atoms with Gasteiger partial charge in [-0.05, 0) is 36.8 Å². The van der Waals surface area contributed by atoms with Gasteiger partial charge in [0.05, 0.1) is 5.56 Å². The van der Waals surface area contributed by atoms with Gasteiger partial charge >= 0.3 is 35.5 Å². The molecule has 0 aliphatic carbocycles. The first-order chi connectivity index (χ1) is 8.16. The van der Waals surface area contributed by atoms with Crippen molar-refractivity contribution in [2.24, 2.45) is 0 Å². The zero-order chi connectivity index (χ0) is 12.3. The zero-order valence-electron chi connectivity index (χ0n) is 9.38. The van der Waals surface area contributed by atoms with E-state index in [0.29, 0.717) is 11.5 Å². The molecular formula is C14H13NaO3. The zero-order valence-corrected chi connectivity index (χ0v) is 9.38. The molecule has 0 heterocycles. The van der Waals surface area contributed by atoms with Gasteiger partial charge in [-0.25, -0.2) is 4.79 Å². The molecule has 3 nitrogen and oxygen atoms in total. The molecule has 0 aliphatic heterocycles. The van der Waals surface area contributed by atoms with Crippen LogP contribution in [0.25, 0.3) is 0 Å². The molecule has 0 amide bonds. The summed E-state index contributed by atoms with van der Waals surface area (Å²) in [7, 11) is 0. The fourth-order valence-corrected chi connectivity index (χ4v) is 1.46. The third-order valence-corrected chi connectivity index (χ3v) is 2.41. The molecule has 88 valence electrons. The van der Waals surface area contributed by atoms with Crippen LogP contribution in [0.4, 0.5) is 0 Å². The van der Waals surface area contributed by atoms with Crippen molar-refractivity contribution < 1.29 is 14.6 Å². The van der Waals surface area contributed by atoms with Gasteiger partial charge in [-0.15, -0.1) is 0 Å². The summed E-state index contributed by atoms with van der Waals surface area (Å²) >= 11 is 0. The van der Waals surface area contributed by atoms with Gasteiger partial charge in [0.25, 0.3) is 0 Å². The molecule has 0 saturated heterocycles. The van der Waals surface area contributed by atoms with Crippen LogP contribution in [-0.4, -0.2) is 40.6 Å². The minimum absolute atomic E-state index is 0. The van der Waals surface area contributed by atoms with E-state index in [1.54, 1.807) is 12.1 Å². The molecule has 4 heteroatoms. The van der Waals surface area contributed by atoms with Crippen molar-refractivity contribution >= 4 is 35.5 Å². The van der Waals surface area contributed by atoms with Crippen molar-refractivity contribution in [3.8, 4) is 11.5 Å². The summed E-state index contributed by atoms with van der Waals surface area (Å²) in [4.78, 5) is 10.9. The van der Waals surface area contributed by atoms with Gasteiger partial charge < -0.3 is 9.84 Å². The Balaban J connectivity index is 0.00000162. The number of carboxylic acids is 1. The second kappa shape index (κ2) is 6.59. The van der Waals surface area contributed by atoms with Crippen LogP contribution in [-0.2, 0) is 0 Å². The summed E-state index contributed by atoms with van der Waals surface area (Å²) in [6.45, 7) is 1.88. The summed E-state index contributed by atoms with van der Waals surface area (Å²) in [6.07, 6.45) is 0. The normalized spacial score (nSPS) is 9.39. The molecule has 0 unspecified atom stereocenters. The van der Waals surface area contributed by atoms with Crippen molar-refractivity contribution in [1.29, 1.82) is 0 Å². The van der Waals surface area contributed by atoms with Crippen LogP contribution < -0.4 is 4.74 Å². The second-order valence-corrected chi connectivity index (χ2v) is 3.70. The van der Waals surface area contributed by atoms with Crippen LogP contribution in [0.3, 0.4) is 0 Å². The first-order valence-electron chi connectivity index (χ1n) is 5.23. The third kappa shape index (κ3) is 3.60. The van der Waals surface area contributed by atoms with E-state index in [0.717, 1.165) is 5.56 Å². The van der Waals surface area contributed by atoms with Gasteiger partial charge in [-0.1, -0.05) is 24.3 Å². The second-order valence-electron chi connectivity index (χ2n) is 3.70. The van der Waals surface area contributed by atoms with Crippen molar-refractivity contribution in [3.05, 3.63) is 59.7 Å². The number of benzene rings is 2. The van der Waals surface area contributed by atoms with Crippen molar-refractivity contribution in [2.75, 3.05) is 0 Å². The van der Waals surface area contributed by atoms with E-state index in [2.05, 4.69) is 0 Å². The molecule has 0 atom stereocenters. The predicted molar refractivity (Wildman–Crippen MR) is 71.8 cm³/mol. The van der Waals surface area contributed by atoms with Crippen molar-refractivity contribution in [2.45, 2.75) is 6.92 Å². The number of ether oxygens (including phenoxy) is 1. The average molecular weight is 252 g/mol. The molecule has 0 radical (unpaired) electrons. The van der Waals surface area contributed by atoms with Gasteiger partial charge in [0.15, 0.2) is 0 Å². The Morgan fingerprint density at radius 1 is 1.11 bits per heavy atom. The summed E-state index contributed by atoms with van der Waals surface area (Å²) in [6, 6.07) is 14.1. The number of carboxylic acid groups (broad SMARTS) is 1. The van der Waals surface area contributed by atoms with Crippen LogP contribution in [0.1, 0.15) is 15.9 Å². The summed E-state index contributed by atoms with van der Waals surface area (Å²) < 4.78 is 5.64. The number of aryl methyl sites for hydroxylation is 1. The number of aromatic carboxylic acids is 1. The minimum atomic E-state index is -0.956. The predicted octanol–water partition coefficient (Wildman–Crippen LogP) is 2.84. The Labute approximate surface area is 128 Å². The van der Waals surface area contributed by atoms with E-state index in [1.807, 2.05) is 37.3 Å². The van der Waals surface area contributed by atoms with Crippen LogP contribution in [0.2, 0.25) is 0 Å². The quantitative estimate of drug-likeness (QED) is 0.854. The fourth-order valence-electron chi connectivity index (χ4n) is 1.46. The van der Waals surface area contributed by atoms with E-state index in [4.69, 9.17) is 9.84 Å². The molecule has 2 rings (SSSR count). The molecule has 0 aliphatic rings. The molecule has 2 aromatic rings. The summed E-state index contributed by atoms with van der Waals surface area (Å²) in [5.74, 6) is 0.303.